The van der Waals surface area contributed by atoms with E-state index in [-0.39, 0.29) is 48.5 Å². The standard InChI is InChI=1S/C16H21NO4S.C12H13NO5S.C5H11.ClH.Mg/c1-5-16(2,3)13(18)14(19)17-9-12-10(6-7-22-12)8-11(17)15(20)21-4;1-17-11(15)8-5-7-3-4-19-9(7)6-13(8)10(14)12(16)18-2;1-4-5(2)3;;/h6-7,11H,5,8-9H2,1-4H3;3-4,8H,5-6H2,1-2H3;4H2,1-3H3;1H;/q;;-1;;+2/p-1. The van der Waals surface area contributed by atoms with Gasteiger partial charge in [0.15, 0.2) is 0 Å². The number of fused-ring (bicyclic) bond motifs is 2. The molecule has 0 fully saturated rings. The number of methoxy groups -OCH3 is 3. The number of halogens is 1. The van der Waals surface area contributed by atoms with Crippen molar-refractivity contribution in [2.24, 2.45) is 5.41 Å². The Bertz CT molecular complexity index is 1410. The monoisotopic (exact) mass is 736 g/mol. The first-order chi connectivity index (χ1) is 21.7. The second kappa shape index (κ2) is 20.9. The number of esters is 3. The molecule has 11 nitrogen and oxygen atoms in total. The van der Waals surface area contributed by atoms with Crippen molar-refractivity contribution in [3.63, 3.8) is 0 Å². The zero-order chi connectivity index (χ0) is 34.8. The van der Waals surface area contributed by atoms with E-state index in [1.165, 1.54) is 59.0 Å². The fourth-order valence-corrected chi connectivity index (χ4v) is 6.27. The Morgan fingerprint density at radius 2 is 1.19 bits per heavy atom. The minimum absolute atomic E-state index is 0. The predicted octanol–water partition coefficient (Wildman–Crippen LogP) is 1.16. The molecule has 262 valence electrons. The van der Waals surface area contributed by atoms with E-state index in [1.54, 1.807) is 13.8 Å². The third kappa shape index (κ3) is 11.5. The van der Waals surface area contributed by atoms with Gasteiger partial charge in [0.1, 0.15) is 12.1 Å². The molecule has 2 amide bonds. The molecule has 0 aliphatic carbocycles. The van der Waals surface area contributed by atoms with Crippen LogP contribution >= 0.6 is 22.7 Å². The van der Waals surface area contributed by atoms with Crippen LogP contribution < -0.4 is 12.4 Å². The zero-order valence-electron chi connectivity index (χ0n) is 29.2. The number of carbonyl (C=O) groups is 6. The first-order valence-corrected chi connectivity index (χ1v) is 16.7. The van der Waals surface area contributed by atoms with Gasteiger partial charge in [0.2, 0.25) is 5.78 Å². The number of ketones is 1. The van der Waals surface area contributed by atoms with Crippen LogP contribution in [0, 0.1) is 11.3 Å². The molecular weight excluding hydrogens is 692 g/mol. The van der Waals surface area contributed by atoms with Crippen molar-refractivity contribution in [1.29, 1.82) is 0 Å². The topological polar surface area (TPSA) is 137 Å². The molecule has 0 aromatic carbocycles. The molecule has 2 unspecified atom stereocenters. The second-order valence-electron chi connectivity index (χ2n) is 11.7. The predicted molar refractivity (Wildman–Crippen MR) is 180 cm³/mol. The molecule has 0 radical (unpaired) electrons. The van der Waals surface area contributed by atoms with Crippen LogP contribution in [0.4, 0.5) is 0 Å². The summed E-state index contributed by atoms with van der Waals surface area (Å²) in [7, 11) is 3.69. The number of carbonyl (C=O) groups excluding carboxylic acids is 6. The zero-order valence-corrected chi connectivity index (χ0v) is 33.0. The molecule has 2 aliphatic heterocycles. The molecule has 2 aromatic heterocycles. The molecule has 2 aliphatic rings. The molecule has 0 saturated heterocycles. The fraction of sp³-hybridized carbons (Fsp3) is 0.545. The van der Waals surface area contributed by atoms with Crippen LogP contribution in [0.25, 0.3) is 0 Å². The molecule has 2 aromatic rings. The summed E-state index contributed by atoms with van der Waals surface area (Å²) >= 11 is 3.02. The van der Waals surface area contributed by atoms with E-state index in [0.717, 1.165) is 28.0 Å². The van der Waals surface area contributed by atoms with Crippen molar-refractivity contribution >= 4 is 81.2 Å². The van der Waals surface area contributed by atoms with Crippen molar-refractivity contribution in [1.82, 2.24) is 9.80 Å². The molecular formula is C33H45ClMgN2O9S2. The molecule has 2 atom stereocenters. The minimum Gasteiger partial charge on any atom is -1.00 e. The van der Waals surface area contributed by atoms with Crippen LogP contribution in [0.5, 0.6) is 0 Å². The number of rotatable bonds is 6. The van der Waals surface area contributed by atoms with Gasteiger partial charge in [-0.3, -0.25) is 14.4 Å². The number of nitrogens with zero attached hydrogens (tertiary/aromatic N) is 2. The average molecular weight is 738 g/mol. The molecule has 0 N–H and O–H groups in total. The molecule has 0 spiro atoms. The van der Waals surface area contributed by atoms with Crippen LogP contribution in [0.3, 0.4) is 0 Å². The Labute approximate surface area is 313 Å². The summed E-state index contributed by atoms with van der Waals surface area (Å²) in [5, 5.41) is 3.83. The third-order valence-electron chi connectivity index (χ3n) is 8.11. The number of thiophene rings is 2. The maximum atomic E-state index is 12.6. The summed E-state index contributed by atoms with van der Waals surface area (Å²) in [6, 6.07) is 2.36. The normalized spacial score (nSPS) is 16.1. The average Bonchev–Trinajstić information content (AvgIpc) is 3.74. The van der Waals surface area contributed by atoms with Crippen LogP contribution in [-0.2, 0) is 68.9 Å². The fourth-order valence-electron chi connectivity index (χ4n) is 4.45. The molecule has 4 rings (SSSR count). The van der Waals surface area contributed by atoms with Gasteiger partial charge in [0.25, 0.3) is 5.91 Å². The quantitative estimate of drug-likeness (QED) is 0.141. The Morgan fingerprint density at radius 3 is 1.52 bits per heavy atom. The maximum Gasteiger partial charge on any atom is 2.00 e. The van der Waals surface area contributed by atoms with Crippen molar-refractivity contribution in [2.45, 2.75) is 92.4 Å². The van der Waals surface area contributed by atoms with Crippen LogP contribution in [0.15, 0.2) is 22.9 Å². The molecule has 0 bridgehead atoms. The van der Waals surface area contributed by atoms with E-state index in [1.807, 2.05) is 29.8 Å². The van der Waals surface area contributed by atoms with E-state index in [4.69, 9.17) is 9.47 Å². The smallest absolute Gasteiger partial charge is 1.00 e. The van der Waals surface area contributed by atoms with Gasteiger partial charge in [-0.1, -0.05) is 27.7 Å². The van der Waals surface area contributed by atoms with E-state index >= 15 is 0 Å². The largest absolute Gasteiger partial charge is 2.00 e. The van der Waals surface area contributed by atoms with E-state index < -0.39 is 53.0 Å². The third-order valence-corrected chi connectivity index (χ3v) is 10.0. The number of ether oxygens (including phenoxy) is 3. The summed E-state index contributed by atoms with van der Waals surface area (Å²) in [5.41, 5.74) is 1.33. The SMILES string of the molecule is CCC(C)(C)C(=O)C(=O)N1Cc2sccc2CC1C(=O)OC.CC[C-](C)C.COC(=O)C(=O)N1Cc2sccc2CC1C(=O)OC.[Cl-].[Mg+2]. The van der Waals surface area contributed by atoms with Gasteiger partial charge in [0.05, 0.1) is 34.4 Å². The Morgan fingerprint density at radius 1 is 0.792 bits per heavy atom. The Hall–Kier alpha value is -2.52. The minimum atomic E-state index is -0.978. The Kier molecular flexibility index (Phi) is 19.8. The summed E-state index contributed by atoms with van der Waals surface area (Å²) in [6.45, 7) is 12.3. The molecule has 4 heterocycles. The molecule has 0 saturated carbocycles. The number of amides is 2. The van der Waals surface area contributed by atoms with Crippen molar-refractivity contribution in [2.75, 3.05) is 21.3 Å². The van der Waals surface area contributed by atoms with Gasteiger partial charge in [-0.2, -0.15) is 20.3 Å². The summed E-state index contributed by atoms with van der Waals surface area (Å²) in [4.78, 5) is 76.8. The van der Waals surface area contributed by atoms with Crippen LogP contribution in [0.2, 0.25) is 0 Å². The second-order valence-corrected chi connectivity index (χ2v) is 13.7. The van der Waals surface area contributed by atoms with Crippen molar-refractivity contribution in [3.8, 4) is 0 Å². The van der Waals surface area contributed by atoms with Gasteiger partial charge in [0, 0.05) is 28.0 Å². The van der Waals surface area contributed by atoms with E-state index in [9.17, 15) is 28.8 Å². The van der Waals surface area contributed by atoms with Gasteiger partial charge < -0.3 is 42.3 Å². The first-order valence-electron chi connectivity index (χ1n) is 15.0. The number of hydrogen-bond acceptors (Lipinski definition) is 11. The van der Waals surface area contributed by atoms with E-state index in [0.29, 0.717) is 19.3 Å². The van der Waals surface area contributed by atoms with Gasteiger partial charge in [-0.05, 0) is 40.4 Å². The first kappa shape index (κ1) is 45.5. The van der Waals surface area contributed by atoms with Crippen molar-refractivity contribution < 1.29 is 55.4 Å². The van der Waals surface area contributed by atoms with Gasteiger partial charge in [-0.25, -0.2) is 14.4 Å². The van der Waals surface area contributed by atoms with Gasteiger partial charge >= 0.3 is 46.9 Å². The summed E-state index contributed by atoms with van der Waals surface area (Å²) in [5.74, 6) is -2.36. The number of hydrogen-bond donors (Lipinski definition) is 0. The van der Waals surface area contributed by atoms with Crippen LogP contribution in [0.1, 0.15) is 75.3 Å². The molecule has 48 heavy (non-hydrogen) atoms. The Balaban J connectivity index is 0.000000784. The van der Waals surface area contributed by atoms with Crippen LogP contribution in [-0.4, -0.2) is 102 Å². The van der Waals surface area contributed by atoms with Crippen molar-refractivity contribution in [3.05, 3.63) is 49.7 Å². The molecule has 15 heteroatoms. The maximum absolute atomic E-state index is 12.6. The summed E-state index contributed by atoms with van der Waals surface area (Å²) in [6.07, 6.45) is 2.55. The number of Topliss-reactive ketones (excluding diaryl/α,β-unsaturated/α-hetero) is 1. The van der Waals surface area contributed by atoms with Gasteiger partial charge in [-0.15, -0.1) is 22.7 Å². The van der Waals surface area contributed by atoms with E-state index in [2.05, 4.69) is 25.5 Å². The summed E-state index contributed by atoms with van der Waals surface area (Å²) < 4.78 is 13.9.